The quantitative estimate of drug-likeness (QED) is 0.874. The fourth-order valence-electron chi connectivity index (χ4n) is 2.80. The zero-order valence-corrected chi connectivity index (χ0v) is 12.9. The number of likely N-dealkylation sites (N-methyl/N-ethyl adjacent to an activating group) is 1. The van der Waals surface area contributed by atoms with E-state index in [0.717, 1.165) is 23.5 Å². The Balaban J connectivity index is 2.13. The Bertz CT molecular complexity index is 386. The summed E-state index contributed by atoms with van der Waals surface area (Å²) in [6.07, 6.45) is 3.70. The Morgan fingerprint density at radius 1 is 1.33 bits per heavy atom. The van der Waals surface area contributed by atoms with Gasteiger partial charge in [-0.2, -0.15) is 0 Å². The van der Waals surface area contributed by atoms with E-state index >= 15 is 0 Å². The highest BCUT2D eigenvalue weighted by atomic mass is 79.9. The second-order valence-electron chi connectivity index (χ2n) is 5.52. The van der Waals surface area contributed by atoms with Crippen molar-refractivity contribution in [2.24, 2.45) is 5.73 Å². The second-order valence-corrected chi connectivity index (χ2v) is 6.44. The lowest BCUT2D eigenvalue weighted by Crippen LogP contribution is -2.54. The summed E-state index contributed by atoms with van der Waals surface area (Å²) in [5.74, 6) is 0. The SMILES string of the molecule is CCN(C1CC1)C(C)(CN)Cc1ccc(Br)cc1. The van der Waals surface area contributed by atoms with Crippen molar-refractivity contribution in [3.63, 3.8) is 0 Å². The van der Waals surface area contributed by atoms with Crippen LogP contribution in [0, 0.1) is 0 Å². The lowest BCUT2D eigenvalue weighted by atomic mass is 9.90. The predicted molar refractivity (Wildman–Crippen MR) is 80.7 cm³/mol. The summed E-state index contributed by atoms with van der Waals surface area (Å²) >= 11 is 3.48. The maximum absolute atomic E-state index is 6.08. The molecule has 0 aromatic heterocycles. The van der Waals surface area contributed by atoms with Crippen LogP contribution in [-0.4, -0.2) is 29.6 Å². The lowest BCUT2D eigenvalue weighted by molar-refractivity contribution is 0.107. The van der Waals surface area contributed by atoms with Crippen LogP contribution in [-0.2, 0) is 6.42 Å². The van der Waals surface area contributed by atoms with Crippen LogP contribution in [0.3, 0.4) is 0 Å². The van der Waals surface area contributed by atoms with Gasteiger partial charge in [0.25, 0.3) is 0 Å². The van der Waals surface area contributed by atoms with Crippen LogP contribution < -0.4 is 5.73 Å². The van der Waals surface area contributed by atoms with Crippen molar-refractivity contribution >= 4 is 15.9 Å². The van der Waals surface area contributed by atoms with Gasteiger partial charge in [0.1, 0.15) is 0 Å². The van der Waals surface area contributed by atoms with E-state index in [2.05, 4.69) is 58.9 Å². The predicted octanol–water partition coefficient (Wildman–Crippen LogP) is 3.19. The van der Waals surface area contributed by atoms with Crippen LogP contribution in [0.25, 0.3) is 0 Å². The first-order valence-corrected chi connectivity index (χ1v) is 7.59. The van der Waals surface area contributed by atoms with Crippen LogP contribution >= 0.6 is 15.9 Å². The molecule has 1 saturated carbocycles. The molecule has 0 bridgehead atoms. The highest BCUT2D eigenvalue weighted by molar-refractivity contribution is 9.10. The molecule has 1 fully saturated rings. The first-order chi connectivity index (χ1) is 8.59. The third-order valence-corrected chi connectivity index (χ3v) is 4.49. The minimum absolute atomic E-state index is 0.0870. The lowest BCUT2D eigenvalue weighted by Gasteiger charge is -2.40. The molecule has 18 heavy (non-hydrogen) atoms. The molecule has 0 spiro atoms. The molecule has 2 rings (SSSR count). The number of rotatable bonds is 6. The third-order valence-electron chi connectivity index (χ3n) is 3.96. The van der Waals surface area contributed by atoms with E-state index in [-0.39, 0.29) is 5.54 Å². The molecule has 100 valence electrons. The molecule has 1 aliphatic carbocycles. The highest BCUT2D eigenvalue weighted by Crippen LogP contribution is 2.34. The molecule has 3 heteroatoms. The third kappa shape index (κ3) is 3.14. The summed E-state index contributed by atoms with van der Waals surface area (Å²) in [7, 11) is 0. The van der Waals surface area contributed by atoms with E-state index in [0.29, 0.717) is 6.54 Å². The van der Waals surface area contributed by atoms with E-state index < -0.39 is 0 Å². The molecule has 1 aromatic rings. The topological polar surface area (TPSA) is 29.3 Å². The summed E-state index contributed by atoms with van der Waals surface area (Å²) in [5.41, 5.74) is 7.53. The summed E-state index contributed by atoms with van der Waals surface area (Å²) in [6, 6.07) is 9.37. The zero-order valence-electron chi connectivity index (χ0n) is 11.3. The van der Waals surface area contributed by atoms with Crippen LogP contribution in [0.15, 0.2) is 28.7 Å². The number of nitrogens with zero attached hydrogens (tertiary/aromatic N) is 1. The van der Waals surface area contributed by atoms with Crippen LogP contribution in [0.2, 0.25) is 0 Å². The van der Waals surface area contributed by atoms with Crippen molar-refractivity contribution in [2.45, 2.75) is 44.7 Å². The van der Waals surface area contributed by atoms with Crippen LogP contribution in [0.1, 0.15) is 32.3 Å². The minimum Gasteiger partial charge on any atom is -0.329 e. The van der Waals surface area contributed by atoms with E-state index in [1.807, 2.05) is 0 Å². The number of halogens is 1. The van der Waals surface area contributed by atoms with Gasteiger partial charge >= 0.3 is 0 Å². The number of hydrogen-bond acceptors (Lipinski definition) is 2. The first-order valence-electron chi connectivity index (χ1n) is 6.80. The largest absolute Gasteiger partial charge is 0.329 e. The Morgan fingerprint density at radius 2 is 1.94 bits per heavy atom. The van der Waals surface area contributed by atoms with Gasteiger partial charge in [0.2, 0.25) is 0 Å². The van der Waals surface area contributed by atoms with Gasteiger partial charge in [0.15, 0.2) is 0 Å². The van der Waals surface area contributed by atoms with Crippen molar-refractivity contribution in [3.05, 3.63) is 34.3 Å². The Hall–Kier alpha value is -0.380. The summed E-state index contributed by atoms with van der Waals surface area (Å²) in [5, 5.41) is 0. The Labute approximate surface area is 119 Å². The second kappa shape index (κ2) is 5.72. The van der Waals surface area contributed by atoms with E-state index in [1.54, 1.807) is 0 Å². The van der Waals surface area contributed by atoms with Crippen molar-refractivity contribution in [3.8, 4) is 0 Å². The van der Waals surface area contributed by atoms with E-state index in [4.69, 9.17) is 5.73 Å². The van der Waals surface area contributed by atoms with Crippen molar-refractivity contribution in [1.82, 2.24) is 4.90 Å². The monoisotopic (exact) mass is 310 g/mol. The molecule has 0 radical (unpaired) electrons. The molecule has 1 aromatic carbocycles. The maximum atomic E-state index is 6.08. The van der Waals surface area contributed by atoms with E-state index in [1.165, 1.54) is 18.4 Å². The summed E-state index contributed by atoms with van der Waals surface area (Å²) in [6.45, 7) is 6.35. The minimum atomic E-state index is 0.0870. The van der Waals surface area contributed by atoms with Gasteiger partial charge in [-0.05, 0) is 50.4 Å². The van der Waals surface area contributed by atoms with Crippen molar-refractivity contribution < 1.29 is 0 Å². The molecule has 1 aliphatic rings. The molecule has 2 N–H and O–H groups in total. The molecule has 2 nitrogen and oxygen atoms in total. The molecule has 1 unspecified atom stereocenters. The van der Waals surface area contributed by atoms with Gasteiger partial charge in [0, 0.05) is 22.6 Å². The molecular formula is C15H23BrN2. The molecule has 0 amide bonds. The molecule has 0 saturated heterocycles. The van der Waals surface area contributed by atoms with Crippen LogP contribution in [0.4, 0.5) is 0 Å². The smallest absolute Gasteiger partial charge is 0.0346 e. The zero-order chi connectivity index (χ0) is 13.2. The fraction of sp³-hybridized carbons (Fsp3) is 0.600. The van der Waals surface area contributed by atoms with Gasteiger partial charge in [-0.1, -0.05) is 35.0 Å². The highest BCUT2D eigenvalue weighted by Gasteiger charge is 2.39. The van der Waals surface area contributed by atoms with Gasteiger partial charge in [0.05, 0.1) is 0 Å². The fourth-order valence-corrected chi connectivity index (χ4v) is 3.06. The normalized spacial score (nSPS) is 18.9. The van der Waals surface area contributed by atoms with Gasteiger partial charge in [-0.15, -0.1) is 0 Å². The summed E-state index contributed by atoms with van der Waals surface area (Å²) in [4.78, 5) is 2.59. The Morgan fingerprint density at radius 3 is 2.39 bits per heavy atom. The molecule has 0 heterocycles. The first kappa shape index (κ1) is 14.0. The average molecular weight is 311 g/mol. The molecular weight excluding hydrogens is 288 g/mol. The number of hydrogen-bond donors (Lipinski definition) is 1. The molecule has 1 atom stereocenters. The average Bonchev–Trinajstić information content (AvgIpc) is 3.17. The van der Waals surface area contributed by atoms with Crippen LogP contribution in [0.5, 0.6) is 0 Å². The Kier molecular flexibility index (Phi) is 4.46. The van der Waals surface area contributed by atoms with Gasteiger partial charge in [-0.25, -0.2) is 0 Å². The van der Waals surface area contributed by atoms with Gasteiger partial charge in [-0.3, -0.25) is 4.90 Å². The maximum Gasteiger partial charge on any atom is 0.0346 e. The van der Waals surface area contributed by atoms with Crippen molar-refractivity contribution in [1.29, 1.82) is 0 Å². The van der Waals surface area contributed by atoms with E-state index in [9.17, 15) is 0 Å². The standard InChI is InChI=1S/C15H23BrN2/c1-3-18(14-8-9-14)15(2,11-17)10-12-4-6-13(16)7-5-12/h4-7,14H,3,8-11,17H2,1-2H3. The van der Waals surface area contributed by atoms with Gasteiger partial charge < -0.3 is 5.73 Å². The number of benzene rings is 1. The molecule has 0 aliphatic heterocycles. The summed E-state index contributed by atoms with van der Waals surface area (Å²) < 4.78 is 1.13. The van der Waals surface area contributed by atoms with Crippen molar-refractivity contribution in [2.75, 3.05) is 13.1 Å². The number of nitrogens with two attached hydrogens (primary N) is 1.